The zero-order valence-electron chi connectivity index (χ0n) is 20.3. The molecule has 1 aliphatic heterocycles. The average Bonchev–Trinajstić information content (AvgIpc) is 3.36. The first-order valence-corrected chi connectivity index (χ1v) is 11.5. The maximum atomic E-state index is 12.2. The van der Waals surface area contributed by atoms with Crippen LogP contribution in [0.1, 0.15) is 24.3 Å². The maximum Gasteiger partial charge on any atom is 0.276 e. The second-order valence-corrected chi connectivity index (χ2v) is 8.07. The number of nitrogens with one attached hydrogen (secondary N) is 2. The molecule has 0 spiro atoms. The van der Waals surface area contributed by atoms with Crippen LogP contribution in [0.4, 0.5) is 0 Å². The number of amides is 2. The second kappa shape index (κ2) is 11.4. The van der Waals surface area contributed by atoms with Crippen molar-refractivity contribution in [3.05, 3.63) is 53.2 Å². The molecule has 2 aliphatic rings. The molecule has 0 radical (unpaired) electrons. The molecular formula is C24H27N7O5. The largest absolute Gasteiger partial charge is 0.481 e. The third-order valence-electron chi connectivity index (χ3n) is 5.60. The summed E-state index contributed by atoms with van der Waals surface area (Å²) in [5, 5.41) is 17.7. The fourth-order valence-corrected chi connectivity index (χ4v) is 3.77. The minimum absolute atomic E-state index is 0.125. The van der Waals surface area contributed by atoms with Gasteiger partial charge in [-0.05, 0) is 18.9 Å². The normalized spacial score (nSPS) is 16.2. The van der Waals surface area contributed by atoms with Gasteiger partial charge in [-0.1, -0.05) is 29.5 Å². The van der Waals surface area contributed by atoms with Gasteiger partial charge < -0.3 is 24.6 Å². The van der Waals surface area contributed by atoms with Gasteiger partial charge in [-0.3, -0.25) is 9.59 Å². The van der Waals surface area contributed by atoms with Crippen LogP contribution in [0, 0.1) is 12.8 Å². The van der Waals surface area contributed by atoms with E-state index in [-0.39, 0.29) is 24.2 Å². The summed E-state index contributed by atoms with van der Waals surface area (Å²) in [5.74, 6) is 1.23. The lowest BCUT2D eigenvalue weighted by Gasteiger charge is -2.20. The number of fused-ring (bicyclic) bond motifs is 1. The van der Waals surface area contributed by atoms with E-state index in [2.05, 4.69) is 36.0 Å². The van der Waals surface area contributed by atoms with Gasteiger partial charge in [0.2, 0.25) is 29.4 Å². The van der Waals surface area contributed by atoms with Crippen LogP contribution in [0.25, 0.3) is 11.4 Å². The van der Waals surface area contributed by atoms with E-state index < -0.39 is 0 Å². The Balaban J connectivity index is 1.22. The van der Waals surface area contributed by atoms with Crippen LogP contribution < -0.4 is 20.1 Å². The molecule has 1 aliphatic carbocycles. The summed E-state index contributed by atoms with van der Waals surface area (Å²) in [4.78, 5) is 32.7. The lowest BCUT2D eigenvalue weighted by molar-refractivity contribution is -0.121. The summed E-state index contributed by atoms with van der Waals surface area (Å²) in [7, 11) is 3.03. The first-order chi connectivity index (χ1) is 17.5. The average molecular weight is 494 g/mol. The van der Waals surface area contributed by atoms with E-state index in [0.29, 0.717) is 60.8 Å². The highest BCUT2D eigenvalue weighted by molar-refractivity contribution is 5.86. The van der Waals surface area contributed by atoms with Crippen LogP contribution in [0.3, 0.4) is 0 Å². The molecule has 0 aromatic carbocycles. The third kappa shape index (κ3) is 5.65. The Bertz CT molecular complexity index is 1260. The minimum Gasteiger partial charge on any atom is -0.481 e. The molecule has 1 atom stereocenters. The molecule has 12 nitrogen and oxygen atoms in total. The standard InChI is InChI=1S/C24H27N7O5/c1-14-13-19(34-2)28-24(35-3)20(14)22-27-18(36-31-22)10-9-17(32)25-11-6-12-26-21-15-7-4-5-8-16(15)23(33)30-29-21/h4-5,7-8,13,16,26H,6,9-12H2,1-3H3,(H,25,32). The van der Waals surface area contributed by atoms with Gasteiger partial charge in [-0.2, -0.15) is 9.97 Å². The maximum absolute atomic E-state index is 12.2. The third-order valence-corrected chi connectivity index (χ3v) is 5.60. The Morgan fingerprint density at radius 2 is 2.00 bits per heavy atom. The van der Waals surface area contributed by atoms with Crippen LogP contribution in [0.15, 0.2) is 56.5 Å². The van der Waals surface area contributed by atoms with Crippen LogP contribution in [0.5, 0.6) is 11.8 Å². The number of nitrogens with zero attached hydrogens (tertiary/aromatic N) is 5. The highest BCUT2D eigenvalue weighted by atomic mass is 16.5. The van der Waals surface area contributed by atoms with Crippen molar-refractivity contribution in [1.82, 2.24) is 25.8 Å². The Kier molecular flexibility index (Phi) is 7.83. The molecule has 2 amide bonds. The lowest BCUT2D eigenvalue weighted by Crippen LogP contribution is -2.28. The number of hydrogen-bond acceptors (Lipinski definition) is 10. The summed E-state index contributed by atoms with van der Waals surface area (Å²) < 4.78 is 15.8. The Hall–Kier alpha value is -4.35. The van der Waals surface area contributed by atoms with Gasteiger partial charge in [0.15, 0.2) is 5.82 Å². The monoisotopic (exact) mass is 493 g/mol. The number of allylic oxidation sites excluding steroid dienone is 3. The van der Waals surface area contributed by atoms with Crippen molar-refractivity contribution in [2.75, 3.05) is 27.3 Å². The molecular weight excluding hydrogens is 466 g/mol. The van der Waals surface area contributed by atoms with E-state index in [1.54, 1.807) is 12.1 Å². The summed E-state index contributed by atoms with van der Waals surface area (Å²) in [6.07, 6.45) is 8.52. The molecule has 2 aromatic rings. The van der Waals surface area contributed by atoms with Crippen LogP contribution in [-0.2, 0) is 16.0 Å². The van der Waals surface area contributed by atoms with Gasteiger partial charge in [0.25, 0.3) is 5.91 Å². The first-order valence-electron chi connectivity index (χ1n) is 11.5. The van der Waals surface area contributed by atoms with Crippen molar-refractivity contribution in [3.8, 4) is 23.1 Å². The van der Waals surface area contributed by atoms with Crippen LogP contribution in [-0.4, -0.2) is 54.2 Å². The van der Waals surface area contributed by atoms with E-state index in [1.165, 1.54) is 14.2 Å². The quantitative estimate of drug-likeness (QED) is 0.449. The summed E-state index contributed by atoms with van der Waals surface area (Å²) in [5.41, 5.74) is 2.23. The SMILES string of the molecule is COc1cc(C)c(-c2noc(CCC(=O)NCCCNC3=C4C=CC=CC4C(=O)N=N3)n2)c(OC)n1. The smallest absolute Gasteiger partial charge is 0.276 e. The van der Waals surface area contributed by atoms with Crippen molar-refractivity contribution >= 4 is 11.8 Å². The number of azo groups is 1. The molecule has 0 fully saturated rings. The summed E-state index contributed by atoms with van der Waals surface area (Å²) in [6, 6.07) is 1.76. The molecule has 4 rings (SSSR count). The molecule has 188 valence electrons. The van der Waals surface area contributed by atoms with E-state index >= 15 is 0 Å². The van der Waals surface area contributed by atoms with Crippen LogP contribution >= 0.6 is 0 Å². The second-order valence-electron chi connectivity index (χ2n) is 8.07. The molecule has 0 bridgehead atoms. The van der Waals surface area contributed by atoms with Gasteiger partial charge in [-0.25, -0.2) is 0 Å². The Morgan fingerprint density at radius 1 is 1.14 bits per heavy atom. The topological polar surface area (TPSA) is 153 Å². The number of aryl methyl sites for hydroxylation is 2. The number of carbonyl (C=O) groups excluding carboxylic acids is 2. The Labute approximate surface area is 207 Å². The number of ether oxygens (including phenoxy) is 2. The molecule has 2 N–H and O–H groups in total. The predicted molar refractivity (Wildman–Crippen MR) is 128 cm³/mol. The number of rotatable bonds is 11. The molecule has 1 unspecified atom stereocenters. The molecule has 3 heterocycles. The minimum atomic E-state index is -0.383. The van der Waals surface area contributed by atoms with Crippen molar-refractivity contribution in [2.24, 2.45) is 16.1 Å². The van der Waals surface area contributed by atoms with Gasteiger partial charge in [-0.15, -0.1) is 10.2 Å². The number of carbonyl (C=O) groups is 2. The summed E-state index contributed by atoms with van der Waals surface area (Å²) >= 11 is 0. The molecule has 2 aromatic heterocycles. The Morgan fingerprint density at radius 3 is 2.81 bits per heavy atom. The number of aromatic nitrogens is 3. The highest BCUT2D eigenvalue weighted by Gasteiger charge is 2.27. The van der Waals surface area contributed by atoms with Crippen molar-refractivity contribution in [2.45, 2.75) is 26.2 Å². The fraction of sp³-hybridized carbons (Fsp3) is 0.375. The van der Waals surface area contributed by atoms with Gasteiger partial charge in [0.05, 0.1) is 25.7 Å². The zero-order chi connectivity index (χ0) is 25.5. The van der Waals surface area contributed by atoms with E-state index in [0.717, 1.165) is 11.1 Å². The number of pyridine rings is 1. The van der Waals surface area contributed by atoms with Crippen molar-refractivity contribution in [1.29, 1.82) is 0 Å². The number of methoxy groups -OCH3 is 2. The van der Waals surface area contributed by atoms with E-state index in [9.17, 15) is 9.59 Å². The van der Waals surface area contributed by atoms with Gasteiger partial charge in [0.1, 0.15) is 0 Å². The van der Waals surface area contributed by atoms with E-state index in [1.807, 2.05) is 25.2 Å². The van der Waals surface area contributed by atoms with Gasteiger partial charge in [0, 0.05) is 37.6 Å². The van der Waals surface area contributed by atoms with Gasteiger partial charge >= 0.3 is 0 Å². The molecule has 12 heteroatoms. The number of hydrogen-bond donors (Lipinski definition) is 2. The molecule has 36 heavy (non-hydrogen) atoms. The predicted octanol–water partition coefficient (Wildman–Crippen LogP) is 2.43. The fourth-order valence-electron chi connectivity index (χ4n) is 3.77. The van der Waals surface area contributed by atoms with Crippen LogP contribution in [0.2, 0.25) is 0 Å². The van der Waals surface area contributed by atoms with Crippen molar-refractivity contribution in [3.63, 3.8) is 0 Å². The zero-order valence-corrected chi connectivity index (χ0v) is 20.3. The summed E-state index contributed by atoms with van der Waals surface area (Å²) in [6.45, 7) is 2.92. The van der Waals surface area contributed by atoms with Crippen molar-refractivity contribution < 1.29 is 23.6 Å². The first kappa shape index (κ1) is 24.8. The molecule has 0 saturated carbocycles. The van der Waals surface area contributed by atoms with E-state index in [4.69, 9.17) is 14.0 Å². The highest BCUT2D eigenvalue weighted by Crippen LogP contribution is 2.32. The molecule has 0 saturated heterocycles. The lowest BCUT2D eigenvalue weighted by atomic mass is 9.93.